The Balaban J connectivity index is 1.68. The van der Waals surface area contributed by atoms with Crippen LogP contribution in [0.25, 0.3) is 24.3 Å². The first kappa shape index (κ1) is 17.4. The maximum Gasteiger partial charge on any atom is 0.161 e. The van der Waals surface area contributed by atoms with Crippen LogP contribution in [-0.2, 0) is 0 Å². The van der Waals surface area contributed by atoms with Gasteiger partial charge < -0.3 is 14.9 Å². The molecule has 26 heavy (non-hydrogen) atoms. The topological polar surface area (TPSA) is 49.7 Å². The van der Waals surface area contributed by atoms with Gasteiger partial charge in [-0.05, 0) is 46.5 Å². The molecule has 0 aromatic heterocycles. The average molecular weight is 344 g/mol. The van der Waals surface area contributed by atoms with E-state index >= 15 is 0 Å². The third kappa shape index (κ3) is 4.54. The molecule has 0 unspecified atom stereocenters. The molecule has 3 aromatic rings. The summed E-state index contributed by atoms with van der Waals surface area (Å²) in [7, 11) is 1.53. The zero-order valence-electron chi connectivity index (χ0n) is 14.5. The summed E-state index contributed by atoms with van der Waals surface area (Å²) in [5.74, 6) is 0.862. The van der Waals surface area contributed by atoms with Crippen molar-refractivity contribution in [3.63, 3.8) is 0 Å². The molecule has 3 aromatic carbocycles. The highest BCUT2D eigenvalue weighted by molar-refractivity contribution is 5.73. The molecule has 0 aliphatic carbocycles. The Morgan fingerprint density at radius 1 is 0.615 bits per heavy atom. The molecule has 130 valence electrons. The third-order valence-electron chi connectivity index (χ3n) is 3.97. The number of ether oxygens (including phenoxy) is 1. The van der Waals surface area contributed by atoms with Crippen LogP contribution in [0.5, 0.6) is 17.2 Å². The van der Waals surface area contributed by atoms with Crippen molar-refractivity contribution in [2.45, 2.75) is 0 Å². The molecule has 0 atom stereocenters. The van der Waals surface area contributed by atoms with Crippen molar-refractivity contribution in [2.24, 2.45) is 0 Å². The largest absolute Gasteiger partial charge is 0.508 e. The summed E-state index contributed by atoms with van der Waals surface area (Å²) >= 11 is 0. The van der Waals surface area contributed by atoms with Gasteiger partial charge in [-0.15, -0.1) is 0 Å². The first-order valence-electron chi connectivity index (χ1n) is 8.26. The fourth-order valence-corrected chi connectivity index (χ4v) is 2.49. The third-order valence-corrected chi connectivity index (χ3v) is 3.97. The van der Waals surface area contributed by atoms with E-state index in [9.17, 15) is 10.2 Å². The highest BCUT2D eigenvalue weighted by atomic mass is 16.5. The van der Waals surface area contributed by atoms with Gasteiger partial charge in [-0.25, -0.2) is 0 Å². The Hall–Kier alpha value is -3.46. The summed E-state index contributed by atoms with van der Waals surface area (Å²) in [4.78, 5) is 0. The van der Waals surface area contributed by atoms with E-state index in [0.29, 0.717) is 5.75 Å². The fourth-order valence-electron chi connectivity index (χ4n) is 2.49. The number of rotatable bonds is 5. The number of hydrogen-bond donors (Lipinski definition) is 2. The molecule has 0 amide bonds. The molecule has 0 saturated carbocycles. The van der Waals surface area contributed by atoms with Gasteiger partial charge in [0.1, 0.15) is 5.75 Å². The predicted molar refractivity (Wildman–Crippen MR) is 107 cm³/mol. The zero-order valence-corrected chi connectivity index (χ0v) is 14.5. The van der Waals surface area contributed by atoms with Crippen LogP contribution < -0.4 is 4.74 Å². The molecular weight excluding hydrogens is 324 g/mol. The Labute approximate surface area is 153 Å². The second kappa shape index (κ2) is 8.08. The van der Waals surface area contributed by atoms with Gasteiger partial charge in [-0.1, -0.05) is 66.8 Å². The van der Waals surface area contributed by atoms with E-state index in [4.69, 9.17) is 4.74 Å². The summed E-state index contributed by atoms with van der Waals surface area (Å²) < 4.78 is 5.12. The number of methoxy groups -OCH3 is 1. The summed E-state index contributed by atoms with van der Waals surface area (Å²) in [6, 6.07) is 20.5. The van der Waals surface area contributed by atoms with Crippen LogP contribution in [-0.4, -0.2) is 17.3 Å². The molecular formula is C23H20O3. The standard InChI is InChI=1S/C23H20O3/c1-26-23-16-20(12-15-22(23)25)9-8-18-4-2-17(3-5-18)6-7-19-10-13-21(24)14-11-19/h2-16,24-25H,1H3/b7-6+,9-8+. The van der Waals surface area contributed by atoms with Crippen molar-refractivity contribution in [1.82, 2.24) is 0 Å². The molecule has 3 rings (SSSR count). The van der Waals surface area contributed by atoms with Gasteiger partial charge in [0.05, 0.1) is 7.11 Å². The van der Waals surface area contributed by atoms with Crippen LogP contribution in [0.3, 0.4) is 0 Å². The number of phenolic OH excluding ortho intramolecular Hbond substituents is 2. The SMILES string of the molecule is COc1cc(/C=C/c2ccc(/C=C/c3ccc(O)cc3)cc2)ccc1O. The van der Waals surface area contributed by atoms with Crippen molar-refractivity contribution < 1.29 is 14.9 Å². The molecule has 0 aliphatic rings. The Morgan fingerprint density at radius 3 is 1.54 bits per heavy atom. The Kier molecular flexibility index (Phi) is 5.40. The lowest BCUT2D eigenvalue weighted by Crippen LogP contribution is -1.84. The normalized spacial score (nSPS) is 11.3. The van der Waals surface area contributed by atoms with Crippen molar-refractivity contribution in [3.8, 4) is 17.2 Å². The van der Waals surface area contributed by atoms with E-state index < -0.39 is 0 Å². The number of benzene rings is 3. The maximum absolute atomic E-state index is 9.63. The van der Waals surface area contributed by atoms with E-state index in [1.54, 1.807) is 24.3 Å². The molecule has 0 bridgehead atoms. The lowest BCUT2D eigenvalue weighted by atomic mass is 10.1. The monoisotopic (exact) mass is 344 g/mol. The second-order valence-corrected chi connectivity index (χ2v) is 5.86. The summed E-state index contributed by atoms with van der Waals surface area (Å²) in [6.07, 6.45) is 8.03. The quantitative estimate of drug-likeness (QED) is 0.605. The van der Waals surface area contributed by atoms with Gasteiger partial charge in [0.25, 0.3) is 0 Å². The molecule has 0 spiro atoms. The zero-order chi connectivity index (χ0) is 18.4. The molecule has 0 aliphatic heterocycles. The van der Waals surface area contributed by atoms with Gasteiger partial charge in [0, 0.05) is 0 Å². The van der Waals surface area contributed by atoms with Crippen LogP contribution in [0, 0.1) is 0 Å². The maximum atomic E-state index is 9.63. The van der Waals surface area contributed by atoms with E-state index in [-0.39, 0.29) is 11.5 Å². The highest BCUT2D eigenvalue weighted by Gasteiger charge is 2.00. The summed E-state index contributed by atoms with van der Waals surface area (Å²) in [6.45, 7) is 0. The smallest absolute Gasteiger partial charge is 0.161 e. The minimum absolute atomic E-state index is 0.134. The Bertz CT molecular complexity index is 921. The van der Waals surface area contributed by atoms with Crippen molar-refractivity contribution in [2.75, 3.05) is 7.11 Å². The minimum Gasteiger partial charge on any atom is -0.508 e. The first-order chi connectivity index (χ1) is 12.6. The molecule has 3 nitrogen and oxygen atoms in total. The molecule has 2 N–H and O–H groups in total. The van der Waals surface area contributed by atoms with Crippen molar-refractivity contribution in [3.05, 3.63) is 89.0 Å². The van der Waals surface area contributed by atoms with E-state index in [1.165, 1.54) is 7.11 Å². The molecule has 0 heterocycles. The lowest BCUT2D eigenvalue weighted by molar-refractivity contribution is 0.373. The second-order valence-electron chi connectivity index (χ2n) is 5.86. The predicted octanol–water partition coefficient (Wildman–Crippen LogP) is 5.45. The van der Waals surface area contributed by atoms with E-state index in [0.717, 1.165) is 22.3 Å². The number of hydrogen-bond acceptors (Lipinski definition) is 3. The first-order valence-corrected chi connectivity index (χ1v) is 8.26. The number of phenols is 2. The van der Waals surface area contributed by atoms with E-state index in [2.05, 4.69) is 0 Å². The molecule has 0 saturated heterocycles. The summed E-state index contributed by atoms with van der Waals surface area (Å²) in [5.41, 5.74) is 4.17. The van der Waals surface area contributed by atoms with Crippen LogP contribution in [0.1, 0.15) is 22.3 Å². The van der Waals surface area contributed by atoms with Crippen molar-refractivity contribution in [1.29, 1.82) is 0 Å². The molecule has 0 fully saturated rings. The lowest BCUT2D eigenvalue weighted by Gasteiger charge is -2.03. The van der Waals surface area contributed by atoms with Gasteiger partial charge in [-0.3, -0.25) is 0 Å². The van der Waals surface area contributed by atoms with Gasteiger partial charge in [0.2, 0.25) is 0 Å². The van der Waals surface area contributed by atoms with Crippen LogP contribution in [0.2, 0.25) is 0 Å². The van der Waals surface area contributed by atoms with Gasteiger partial charge in [0.15, 0.2) is 11.5 Å². The fraction of sp³-hybridized carbons (Fsp3) is 0.0435. The average Bonchev–Trinajstić information content (AvgIpc) is 2.68. The van der Waals surface area contributed by atoms with Gasteiger partial charge in [-0.2, -0.15) is 0 Å². The van der Waals surface area contributed by atoms with Crippen LogP contribution in [0.15, 0.2) is 66.7 Å². The van der Waals surface area contributed by atoms with Gasteiger partial charge >= 0.3 is 0 Å². The van der Waals surface area contributed by atoms with Crippen molar-refractivity contribution >= 4 is 24.3 Å². The number of aromatic hydroxyl groups is 2. The minimum atomic E-state index is 0.134. The van der Waals surface area contributed by atoms with Crippen LogP contribution >= 0.6 is 0 Å². The van der Waals surface area contributed by atoms with Crippen LogP contribution in [0.4, 0.5) is 0 Å². The van der Waals surface area contributed by atoms with E-state index in [1.807, 2.05) is 66.8 Å². The molecule has 0 radical (unpaired) electrons. The highest BCUT2D eigenvalue weighted by Crippen LogP contribution is 2.27. The Morgan fingerprint density at radius 2 is 1.04 bits per heavy atom. The summed E-state index contributed by atoms with van der Waals surface area (Å²) in [5, 5.41) is 18.9. The molecule has 3 heteroatoms.